The van der Waals surface area contributed by atoms with Crippen molar-refractivity contribution in [3.05, 3.63) is 0 Å². The molecule has 1 saturated heterocycles. The van der Waals surface area contributed by atoms with Crippen LogP contribution in [0.4, 0.5) is 0 Å². The second-order valence-electron chi connectivity index (χ2n) is 3.31. The zero-order chi connectivity index (χ0) is 8.48. The summed E-state index contributed by atoms with van der Waals surface area (Å²) in [5, 5.41) is 0. The minimum Gasteiger partial charge on any atom is -0.316 e. The van der Waals surface area contributed by atoms with Gasteiger partial charge in [0.1, 0.15) is 0 Å². The van der Waals surface area contributed by atoms with Gasteiger partial charge in [0, 0.05) is 12.3 Å². The van der Waals surface area contributed by atoms with Crippen molar-refractivity contribution < 1.29 is 0 Å². The molecule has 0 saturated carbocycles. The Balaban J connectivity index is 2.64. The Morgan fingerprint density at radius 1 is 1.73 bits per heavy atom. The topological polar surface area (TPSA) is 29.3 Å². The van der Waals surface area contributed by atoms with Crippen LogP contribution in [0.3, 0.4) is 0 Å². The van der Waals surface area contributed by atoms with Crippen molar-refractivity contribution in [1.82, 2.24) is 4.90 Å². The molecule has 2 atom stereocenters. The third-order valence-electron chi connectivity index (χ3n) is 2.50. The van der Waals surface area contributed by atoms with Gasteiger partial charge in [-0.25, -0.2) is 0 Å². The molecule has 1 rings (SSSR count). The first kappa shape index (κ1) is 9.36. The first-order valence-electron chi connectivity index (χ1n) is 4.26. The number of hydrogen-bond donors (Lipinski definition) is 1. The molecule has 3 heteroatoms. The van der Waals surface area contributed by atoms with Gasteiger partial charge in [-0.15, -0.1) is 11.8 Å². The van der Waals surface area contributed by atoms with Crippen molar-refractivity contribution in [1.29, 1.82) is 0 Å². The van der Waals surface area contributed by atoms with E-state index in [9.17, 15) is 0 Å². The molecule has 1 fully saturated rings. The highest BCUT2D eigenvalue weighted by molar-refractivity contribution is 8.00. The predicted octanol–water partition coefficient (Wildman–Crippen LogP) is 1.47. The molecular weight excluding hydrogens is 156 g/mol. The van der Waals surface area contributed by atoms with Crippen LogP contribution in [-0.4, -0.2) is 28.2 Å². The fraction of sp³-hybridized carbons (Fsp3) is 1.00. The number of hydrogen-bond acceptors (Lipinski definition) is 3. The third-order valence-corrected chi connectivity index (χ3v) is 4.03. The van der Waals surface area contributed by atoms with Crippen molar-refractivity contribution >= 4 is 11.8 Å². The molecule has 0 amide bonds. The van der Waals surface area contributed by atoms with E-state index in [1.807, 2.05) is 11.8 Å². The Hall–Kier alpha value is 0.270. The highest BCUT2D eigenvalue weighted by atomic mass is 32.2. The third kappa shape index (κ3) is 1.71. The molecule has 0 spiro atoms. The second-order valence-corrected chi connectivity index (χ2v) is 4.89. The molecule has 2 unspecified atom stereocenters. The number of thioether (sulfide) groups is 1. The minimum absolute atomic E-state index is 0.204. The Morgan fingerprint density at radius 3 is 2.73 bits per heavy atom. The van der Waals surface area contributed by atoms with Crippen LogP contribution >= 0.6 is 11.8 Å². The summed E-state index contributed by atoms with van der Waals surface area (Å²) in [4.78, 5) is 2.69. The van der Waals surface area contributed by atoms with E-state index in [4.69, 9.17) is 5.73 Å². The molecule has 11 heavy (non-hydrogen) atoms. The van der Waals surface area contributed by atoms with Gasteiger partial charge >= 0.3 is 0 Å². The maximum absolute atomic E-state index is 5.86. The first-order valence-corrected chi connectivity index (χ1v) is 5.25. The Bertz CT molecular complexity index is 138. The molecule has 0 aromatic carbocycles. The van der Waals surface area contributed by atoms with Gasteiger partial charge in [-0.2, -0.15) is 0 Å². The van der Waals surface area contributed by atoms with Crippen LogP contribution in [0.2, 0.25) is 0 Å². The van der Waals surface area contributed by atoms with Gasteiger partial charge in [-0.3, -0.25) is 4.90 Å². The summed E-state index contributed by atoms with van der Waals surface area (Å²) in [5.41, 5.74) is 5.86. The summed E-state index contributed by atoms with van der Waals surface area (Å²) in [5.74, 6) is 1.23. The maximum atomic E-state index is 5.86. The minimum atomic E-state index is 0.204. The van der Waals surface area contributed by atoms with Crippen LogP contribution in [-0.2, 0) is 0 Å². The molecule has 66 valence electrons. The summed E-state index contributed by atoms with van der Waals surface area (Å²) >= 11 is 2.03. The lowest BCUT2D eigenvalue weighted by Crippen LogP contribution is -2.48. The lowest BCUT2D eigenvalue weighted by molar-refractivity contribution is 0.153. The first-order chi connectivity index (χ1) is 5.10. The second kappa shape index (κ2) is 3.33. The van der Waals surface area contributed by atoms with Crippen LogP contribution in [0.1, 0.15) is 27.2 Å². The smallest absolute Gasteiger partial charge is 0.0652 e. The van der Waals surface area contributed by atoms with E-state index in [0.717, 1.165) is 6.54 Å². The van der Waals surface area contributed by atoms with E-state index >= 15 is 0 Å². The van der Waals surface area contributed by atoms with Crippen LogP contribution in [0, 0.1) is 0 Å². The van der Waals surface area contributed by atoms with Gasteiger partial charge in [0.15, 0.2) is 0 Å². The Morgan fingerprint density at radius 2 is 2.36 bits per heavy atom. The van der Waals surface area contributed by atoms with Gasteiger partial charge in [0.25, 0.3) is 0 Å². The molecule has 1 aliphatic heterocycles. The van der Waals surface area contributed by atoms with E-state index in [0.29, 0.717) is 4.87 Å². The van der Waals surface area contributed by atoms with E-state index in [1.165, 1.54) is 12.2 Å². The molecule has 2 nitrogen and oxygen atoms in total. The normalized spacial score (nSPS) is 36.0. The lowest BCUT2D eigenvalue weighted by Gasteiger charge is -2.35. The monoisotopic (exact) mass is 174 g/mol. The molecular formula is C8H18N2S. The van der Waals surface area contributed by atoms with E-state index in [2.05, 4.69) is 25.7 Å². The van der Waals surface area contributed by atoms with Gasteiger partial charge in [0.05, 0.1) is 11.0 Å². The summed E-state index contributed by atoms with van der Waals surface area (Å²) in [6.45, 7) is 7.73. The van der Waals surface area contributed by atoms with E-state index < -0.39 is 0 Å². The molecule has 0 bridgehead atoms. The summed E-state index contributed by atoms with van der Waals surface area (Å²) in [6, 6.07) is 0. The average molecular weight is 174 g/mol. The molecule has 0 aromatic rings. The van der Waals surface area contributed by atoms with Crippen LogP contribution in [0.15, 0.2) is 0 Å². The van der Waals surface area contributed by atoms with Crippen LogP contribution < -0.4 is 5.73 Å². The molecule has 1 aliphatic rings. The zero-order valence-corrected chi connectivity index (χ0v) is 8.45. The quantitative estimate of drug-likeness (QED) is 0.687. The highest BCUT2D eigenvalue weighted by Crippen LogP contribution is 2.38. The van der Waals surface area contributed by atoms with Crippen molar-refractivity contribution in [3.63, 3.8) is 0 Å². The van der Waals surface area contributed by atoms with Crippen LogP contribution in [0.5, 0.6) is 0 Å². The van der Waals surface area contributed by atoms with Crippen molar-refractivity contribution in [2.75, 3.05) is 12.3 Å². The predicted molar refractivity (Wildman–Crippen MR) is 51.5 cm³/mol. The SMILES string of the molecule is CCC1(C)SCCN1C(C)N. The summed E-state index contributed by atoms with van der Waals surface area (Å²) < 4.78 is 0. The number of nitrogens with two attached hydrogens (primary N) is 1. The standard InChI is InChI=1S/C8H18N2S/c1-4-8(3)10(7(2)9)5-6-11-8/h7H,4-6,9H2,1-3H3. The summed E-state index contributed by atoms with van der Waals surface area (Å²) in [6.07, 6.45) is 1.38. The Kier molecular flexibility index (Phi) is 2.84. The van der Waals surface area contributed by atoms with Gasteiger partial charge in [0.2, 0.25) is 0 Å². The Labute approximate surface area is 73.5 Å². The van der Waals surface area contributed by atoms with Gasteiger partial charge < -0.3 is 5.73 Å². The summed E-state index contributed by atoms with van der Waals surface area (Å²) in [7, 11) is 0. The number of rotatable bonds is 2. The number of nitrogens with zero attached hydrogens (tertiary/aromatic N) is 1. The zero-order valence-electron chi connectivity index (χ0n) is 7.63. The van der Waals surface area contributed by atoms with Crippen LogP contribution in [0.25, 0.3) is 0 Å². The molecule has 2 N–H and O–H groups in total. The van der Waals surface area contributed by atoms with Crippen molar-refractivity contribution in [2.45, 2.75) is 38.2 Å². The largest absolute Gasteiger partial charge is 0.316 e. The maximum Gasteiger partial charge on any atom is 0.0652 e. The van der Waals surface area contributed by atoms with E-state index in [-0.39, 0.29) is 6.17 Å². The highest BCUT2D eigenvalue weighted by Gasteiger charge is 2.37. The van der Waals surface area contributed by atoms with E-state index in [1.54, 1.807) is 0 Å². The molecule has 0 aliphatic carbocycles. The van der Waals surface area contributed by atoms with Crippen molar-refractivity contribution in [2.24, 2.45) is 5.73 Å². The average Bonchev–Trinajstić information content (AvgIpc) is 2.32. The lowest BCUT2D eigenvalue weighted by atomic mass is 10.2. The van der Waals surface area contributed by atoms with Crippen molar-refractivity contribution in [3.8, 4) is 0 Å². The fourth-order valence-electron chi connectivity index (χ4n) is 1.62. The van der Waals surface area contributed by atoms with Gasteiger partial charge in [-0.05, 0) is 20.3 Å². The molecule has 0 aromatic heterocycles. The molecule has 0 radical (unpaired) electrons. The molecule has 1 heterocycles. The fourth-order valence-corrected chi connectivity index (χ4v) is 2.98. The van der Waals surface area contributed by atoms with Gasteiger partial charge in [-0.1, -0.05) is 6.92 Å².